The molecule has 1 N–H and O–H groups in total. The second-order valence-corrected chi connectivity index (χ2v) is 3.23. The Morgan fingerprint density at radius 3 is 2.21 bits per heavy atom. The van der Waals surface area contributed by atoms with E-state index in [1.807, 2.05) is 26.8 Å². The van der Waals surface area contributed by atoms with E-state index in [0.717, 1.165) is 15.6 Å². The highest BCUT2D eigenvalue weighted by Gasteiger charge is 1.90. The van der Waals surface area contributed by atoms with Gasteiger partial charge in [0.1, 0.15) is 0 Å². The number of nitrogens with zero attached hydrogens (tertiary/aromatic N) is 1. The molecule has 0 saturated heterocycles. The predicted molar refractivity (Wildman–Crippen MR) is 69.9 cm³/mol. The van der Waals surface area contributed by atoms with E-state index in [4.69, 9.17) is 0 Å². The molecule has 0 spiro atoms. The number of hydrogen-bond acceptors (Lipinski definition) is 2. The second kappa shape index (κ2) is 10.3. The third-order valence-electron chi connectivity index (χ3n) is 1.18. The van der Waals surface area contributed by atoms with Crippen molar-refractivity contribution in [2.45, 2.75) is 20.8 Å². The molecule has 14 heavy (non-hydrogen) atoms. The van der Waals surface area contributed by atoms with Gasteiger partial charge in [0, 0.05) is 11.5 Å². The molecule has 3 heteroatoms. The van der Waals surface area contributed by atoms with Gasteiger partial charge in [0.25, 0.3) is 0 Å². The minimum Gasteiger partial charge on any atom is -0.313 e. The fourth-order valence-electron chi connectivity index (χ4n) is 0.453. The van der Waals surface area contributed by atoms with Crippen LogP contribution in [0.4, 0.5) is 0 Å². The molecule has 0 rings (SSSR count). The fourth-order valence-corrected chi connectivity index (χ4v) is 0.832. The third kappa shape index (κ3) is 9.26. The highest BCUT2D eigenvalue weighted by molar-refractivity contribution is 9.12. The topological polar surface area (TPSA) is 24.4 Å². The van der Waals surface area contributed by atoms with Gasteiger partial charge >= 0.3 is 0 Å². The van der Waals surface area contributed by atoms with Gasteiger partial charge in [-0.1, -0.05) is 32.6 Å². The number of hydrazone groups is 1. The van der Waals surface area contributed by atoms with Gasteiger partial charge in [0.05, 0.1) is 6.21 Å². The van der Waals surface area contributed by atoms with Crippen LogP contribution in [0.2, 0.25) is 0 Å². The number of halogens is 1. The lowest BCUT2D eigenvalue weighted by molar-refractivity contribution is 0.908. The molecule has 0 aliphatic carbocycles. The molecular formula is C11H19BrN2. The molecule has 0 atom stereocenters. The molecule has 0 aromatic rings. The summed E-state index contributed by atoms with van der Waals surface area (Å²) >= 11 is 3.32. The molecule has 2 nitrogen and oxygen atoms in total. The monoisotopic (exact) mass is 258 g/mol. The minimum absolute atomic E-state index is 0.866. The van der Waals surface area contributed by atoms with Crippen LogP contribution in [0.5, 0.6) is 0 Å². The lowest BCUT2D eigenvalue weighted by Gasteiger charge is -1.96. The Bertz CT molecular complexity index is 240. The highest BCUT2D eigenvalue weighted by atomic mass is 79.9. The molecule has 0 heterocycles. The van der Waals surface area contributed by atoms with Crippen LogP contribution in [0.25, 0.3) is 0 Å². The number of allylic oxidation sites excluding steroid dienone is 4. The van der Waals surface area contributed by atoms with Crippen molar-refractivity contribution in [1.29, 1.82) is 0 Å². The summed E-state index contributed by atoms with van der Waals surface area (Å²) in [4.78, 5) is 0. The Kier molecular flexibility index (Phi) is 11.4. The summed E-state index contributed by atoms with van der Waals surface area (Å²) in [5.74, 6) is 0. The van der Waals surface area contributed by atoms with E-state index >= 15 is 0 Å². The van der Waals surface area contributed by atoms with Gasteiger partial charge < -0.3 is 5.43 Å². The first-order chi connectivity index (χ1) is 6.57. The Hall–Kier alpha value is -0.830. The molecule has 0 aliphatic heterocycles. The van der Waals surface area contributed by atoms with Crippen molar-refractivity contribution in [3.8, 4) is 0 Å². The number of hydrogen-bond donors (Lipinski definition) is 1. The Balaban J connectivity index is 0. The van der Waals surface area contributed by atoms with E-state index in [0.29, 0.717) is 0 Å². The second-order valence-electron chi connectivity index (χ2n) is 2.32. The molecule has 0 aromatic carbocycles. The number of rotatable bonds is 4. The normalized spacial score (nSPS) is 10.5. The molecule has 0 radical (unpaired) electrons. The smallest absolute Gasteiger partial charge is 0.0610 e. The minimum atomic E-state index is 0.866. The van der Waals surface area contributed by atoms with E-state index in [1.165, 1.54) is 0 Å². The molecule has 0 aliphatic rings. The third-order valence-corrected chi connectivity index (χ3v) is 1.61. The van der Waals surface area contributed by atoms with Crippen molar-refractivity contribution in [2.24, 2.45) is 5.10 Å². The summed E-state index contributed by atoms with van der Waals surface area (Å²) in [7, 11) is 1.74. The van der Waals surface area contributed by atoms with Gasteiger partial charge in [-0.3, -0.25) is 0 Å². The van der Waals surface area contributed by atoms with Crippen LogP contribution in [-0.4, -0.2) is 13.3 Å². The SMILES string of the molecule is C=C(C)C(=C)/C=C(Br)\C=N/NC.CC. The van der Waals surface area contributed by atoms with E-state index < -0.39 is 0 Å². The van der Waals surface area contributed by atoms with Crippen LogP contribution >= 0.6 is 15.9 Å². The molecular weight excluding hydrogens is 240 g/mol. The maximum absolute atomic E-state index is 3.82. The first-order valence-corrected chi connectivity index (χ1v) is 5.29. The molecule has 0 unspecified atom stereocenters. The van der Waals surface area contributed by atoms with Gasteiger partial charge in [-0.15, -0.1) is 0 Å². The van der Waals surface area contributed by atoms with Crippen LogP contribution in [0.15, 0.2) is 40.0 Å². The number of nitrogens with one attached hydrogen (secondary N) is 1. The van der Waals surface area contributed by atoms with Crippen LogP contribution < -0.4 is 5.43 Å². The van der Waals surface area contributed by atoms with Crippen LogP contribution in [0, 0.1) is 0 Å². The summed E-state index contributed by atoms with van der Waals surface area (Å²) in [5.41, 5.74) is 4.49. The van der Waals surface area contributed by atoms with Crippen LogP contribution in [0.1, 0.15) is 20.8 Å². The lowest BCUT2D eigenvalue weighted by atomic mass is 10.1. The van der Waals surface area contributed by atoms with Crippen LogP contribution in [-0.2, 0) is 0 Å². The molecule has 0 aromatic heterocycles. The average Bonchev–Trinajstić information content (AvgIpc) is 2.17. The average molecular weight is 259 g/mol. The van der Waals surface area contributed by atoms with Crippen molar-refractivity contribution in [2.75, 3.05) is 7.05 Å². The maximum atomic E-state index is 3.82. The molecule has 0 amide bonds. The summed E-state index contributed by atoms with van der Waals surface area (Å²) in [5, 5.41) is 3.82. The molecule has 0 fully saturated rings. The molecule has 0 saturated carbocycles. The van der Waals surface area contributed by atoms with E-state index in [9.17, 15) is 0 Å². The van der Waals surface area contributed by atoms with Gasteiger partial charge in [0.2, 0.25) is 0 Å². The molecule has 0 bridgehead atoms. The summed E-state index contributed by atoms with van der Waals surface area (Å²) in [6.07, 6.45) is 3.53. The van der Waals surface area contributed by atoms with Crippen molar-refractivity contribution in [1.82, 2.24) is 5.43 Å². The Morgan fingerprint density at radius 2 is 1.86 bits per heavy atom. The zero-order valence-corrected chi connectivity index (χ0v) is 11.0. The van der Waals surface area contributed by atoms with Crippen molar-refractivity contribution >= 4 is 22.1 Å². The summed E-state index contributed by atoms with van der Waals surface area (Å²) in [6, 6.07) is 0. The first-order valence-electron chi connectivity index (χ1n) is 4.49. The van der Waals surface area contributed by atoms with Gasteiger partial charge in [0.15, 0.2) is 0 Å². The quantitative estimate of drug-likeness (QED) is 0.465. The predicted octanol–water partition coefficient (Wildman–Crippen LogP) is 3.63. The van der Waals surface area contributed by atoms with Crippen molar-refractivity contribution in [3.05, 3.63) is 34.9 Å². The van der Waals surface area contributed by atoms with Crippen molar-refractivity contribution < 1.29 is 0 Å². The highest BCUT2D eigenvalue weighted by Crippen LogP contribution is 2.11. The molecule has 80 valence electrons. The van der Waals surface area contributed by atoms with E-state index in [1.54, 1.807) is 13.3 Å². The van der Waals surface area contributed by atoms with Gasteiger partial charge in [-0.25, -0.2) is 0 Å². The Morgan fingerprint density at radius 1 is 1.36 bits per heavy atom. The zero-order valence-electron chi connectivity index (χ0n) is 9.39. The van der Waals surface area contributed by atoms with Gasteiger partial charge in [-0.2, -0.15) is 5.10 Å². The van der Waals surface area contributed by atoms with Gasteiger partial charge in [-0.05, 0) is 34.5 Å². The van der Waals surface area contributed by atoms with Crippen LogP contribution in [0.3, 0.4) is 0 Å². The summed E-state index contributed by atoms with van der Waals surface area (Å²) < 4.78 is 0.866. The fraction of sp³-hybridized carbons (Fsp3) is 0.364. The van der Waals surface area contributed by atoms with Crippen molar-refractivity contribution in [3.63, 3.8) is 0 Å². The standard InChI is InChI=1S/C9H13BrN2.C2H6/c1-7(2)8(3)5-9(10)6-12-11-4;1-2/h5-6,11H,1,3H2,2,4H3;1-2H3/b9-5+,12-6-;. The zero-order chi connectivity index (χ0) is 11.6. The van der Waals surface area contributed by atoms with E-state index in [-0.39, 0.29) is 0 Å². The maximum Gasteiger partial charge on any atom is 0.0610 e. The summed E-state index contributed by atoms with van der Waals surface area (Å²) in [6.45, 7) is 13.5. The Labute approximate surface area is 95.6 Å². The first kappa shape index (κ1) is 15.6. The van der Waals surface area contributed by atoms with E-state index in [2.05, 4.69) is 39.6 Å². The largest absolute Gasteiger partial charge is 0.313 e. The lowest BCUT2D eigenvalue weighted by Crippen LogP contribution is -1.93.